The van der Waals surface area contributed by atoms with Crippen LogP contribution in [-0.2, 0) is 17.8 Å². The molecule has 0 atom stereocenters. The monoisotopic (exact) mass is 299 g/mol. The van der Waals surface area contributed by atoms with Crippen LogP contribution in [0.2, 0.25) is 0 Å². The number of likely N-dealkylation sites (N-methyl/N-ethyl adjacent to an activating group) is 1. The van der Waals surface area contributed by atoms with Gasteiger partial charge in [0.15, 0.2) is 0 Å². The molecular weight excluding hydrogens is 278 g/mol. The summed E-state index contributed by atoms with van der Waals surface area (Å²) in [7, 11) is 5.07. The van der Waals surface area contributed by atoms with E-state index in [4.69, 9.17) is 9.47 Å². The zero-order valence-corrected chi connectivity index (χ0v) is 13.2. The topological polar surface area (TPSA) is 38.8 Å². The zero-order chi connectivity index (χ0) is 15.9. The summed E-state index contributed by atoms with van der Waals surface area (Å²) in [6, 6.07) is 15.3. The number of ether oxygens (including phenoxy) is 2. The number of methoxy groups -OCH3 is 2. The van der Waals surface area contributed by atoms with Gasteiger partial charge in [-0.25, -0.2) is 0 Å². The molecule has 0 N–H and O–H groups in total. The summed E-state index contributed by atoms with van der Waals surface area (Å²) in [6.07, 6.45) is 0.379. The molecule has 0 saturated carbocycles. The smallest absolute Gasteiger partial charge is 0.227 e. The molecule has 0 unspecified atom stereocenters. The van der Waals surface area contributed by atoms with E-state index >= 15 is 0 Å². The Morgan fingerprint density at radius 2 is 1.64 bits per heavy atom. The molecule has 0 radical (unpaired) electrons. The van der Waals surface area contributed by atoms with Gasteiger partial charge in [-0.1, -0.05) is 24.3 Å². The Labute approximate surface area is 131 Å². The van der Waals surface area contributed by atoms with Crippen molar-refractivity contribution in [1.29, 1.82) is 0 Å². The van der Waals surface area contributed by atoms with Crippen LogP contribution in [0.5, 0.6) is 11.5 Å². The molecule has 0 aliphatic carbocycles. The van der Waals surface area contributed by atoms with Crippen LogP contribution in [0.1, 0.15) is 11.1 Å². The third kappa shape index (κ3) is 4.25. The molecule has 4 heteroatoms. The van der Waals surface area contributed by atoms with Crippen molar-refractivity contribution in [2.45, 2.75) is 13.0 Å². The maximum Gasteiger partial charge on any atom is 0.227 e. The minimum atomic E-state index is 0.0768. The summed E-state index contributed by atoms with van der Waals surface area (Å²) in [5, 5.41) is 0. The molecule has 2 rings (SSSR count). The van der Waals surface area contributed by atoms with Crippen LogP contribution >= 0.6 is 0 Å². The molecule has 0 heterocycles. The highest BCUT2D eigenvalue weighted by molar-refractivity contribution is 5.78. The van der Waals surface area contributed by atoms with E-state index in [0.717, 1.165) is 22.6 Å². The predicted molar refractivity (Wildman–Crippen MR) is 86.2 cm³/mol. The fourth-order valence-corrected chi connectivity index (χ4v) is 2.19. The second-order valence-corrected chi connectivity index (χ2v) is 5.13. The van der Waals surface area contributed by atoms with Crippen LogP contribution in [0, 0.1) is 0 Å². The van der Waals surface area contributed by atoms with Crippen LogP contribution in [0.4, 0.5) is 0 Å². The second kappa shape index (κ2) is 7.50. The number of nitrogens with zero attached hydrogens (tertiary/aromatic N) is 1. The quantitative estimate of drug-likeness (QED) is 0.823. The van der Waals surface area contributed by atoms with Gasteiger partial charge in [-0.2, -0.15) is 0 Å². The summed E-state index contributed by atoms with van der Waals surface area (Å²) in [6.45, 7) is 0.562. The Kier molecular flexibility index (Phi) is 5.42. The lowest BCUT2D eigenvalue weighted by atomic mass is 10.1. The lowest BCUT2D eigenvalue weighted by Gasteiger charge is -2.18. The molecular formula is C18H21NO3. The molecule has 0 saturated heterocycles. The molecule has 116 valence electrons. The molecule has 0 aliphatic heterocycles. The van der Waals surface area contributed by atoms with Crippen molar-refractivity contribution in [2.75, 3.05) is 21.3 Å². The SMILES string of the molecule is COc1ccc(CC(=O)N(C)Cc2cccc(OC)c2)cc1. The van der Waals surface area contributed by atoms with Gasteiger partial charge in [0.2, 0.25) is 5.91 Å². The van der Waals surface area contributed by atoms with Crippen LogP contribution in [-0.4, -0.2) is 32.1 Å². The van der Waals surface area contributed by atoms with Gasteiger partial charge >= 0.3 is 0 Å². The Morgan fingerprint density at radius 3 is 2.27 bits per heavy atom. The van der Waals surface area contributed by atoms with Gasteiger partial charge in [0.05, 0.1) is 20.6 Å². The predicted octanol–water partition coefficient (Wildman–Crippen LogP) is 2.90. The van der Waals surface area contributed by atoms with Gasteiger partial charge in [-0.05, 0) is 35.4 Å². The summed E-state index contributed by atoms with van der Waals surface area (Å²) in [5.41, 5.74) is 2.02. The molecule has 0 aliphatic rings. The van der Waals surface area contributed by atoms with E-state index in [1.165, 1.54) is 0 Å². The van der Waals surface area contributed by atoms with Gasteiger partial charge in [0.25, 0.3) is 0 Å². The van der Waals surface area contributed by atoms with Crippen molar-refractivity contribution in [1.82, 2.24) is 4.90 Å². The third-order valence-corrected chi connectivity index (χ3v) is 3.49. The molecule has 4 nitrogen and oxygen atoms in total. The fourth-order valence-electron chi connectivity index (χ4n) is 2.19. The molecule has 0 fully saturated rings. The van der Waals surface area contributed by atoms with E-state index < -0.39 is 0 Å². The molecule has 0 bridgehead atoms. The van der Waals surface area contributed by atoms with Crippen molar-refractivity contribution in [3.8, 4) is 11.5 Å². The van der Waals surface area contributed by atoms with Crippen molar-refractivity contribution in [2.24, 2.45) is 0 Å². The first-order valence-electron chi connectivity index (χ1n) is 7.12. The number of hydrogen-bond donors (Lipinski definition) is 0. The summed E-state index contributed by atoms with van der Waals surface area (Å²) < 4.78 is 10.3. The van der Waals surface area contributed by atoms with E-state index in [2.05, 4.69) is 0 Å². The number of carbonyl (C=O) groups is 1. The summed E-state index contributed by atoms with van der Waals surface area (Å²) in [5.74, 6) is 1.67. The zero-order valence-electron chi connectivity index (χ0n) is 13.2. The van der Waals surface area contributed by atoms with Crippen LogP contribution in [0.3, 0.4) is 0 Å². The number of hydrogen-bond acceptors (Lipinski definition) is 3. The average molecular weight is 299 g/mol. The van der Waals surface area contributed by atoms with Crippen LogP contribution in [0.15, 0.2) is 48.5 Å². The van der Waals surface area contributed by atoms with Crippen LogP contribution < -0.4 is 9.47 Å². The molecule has 2 aromatic rings. The fraction of sp³-hybridized carbons (Fsp3) is 0.278. The minimum Gasteiger partial charge on any atom is -0.497 e. The van der Waals surface area contributed by atoms with Crippen molar-refractivity contribution in [3.63, 3.8) is 0 Å². The Bertz CT molecular complexity index is 622. The van der Waals surface area contributed by atoms with Gasteiger partial charge < -0.3 is 14.4 Å². The van der Waals surface area contributed by atoms with Crippen molar-refractivity contribution in [3.05, 3.63) is 59.7 Å². The first kappa shape index (κ1) is 15.9. The normalized spacial score (nSPS) is 10.1. The molecule has 0 spiro atoms. The van der Waals surface area contributed by atoms with E-state index in [1.807, 2.05) is 55.6 Å². The Morgan fingerprint density at radius 1 is 0.955 bits per heavy atom. The first-order chi connectivity index (χ1) is 10.6. The molecule has 22 heavy (non-hydrogen) atoms. The lowest BCUT2D eigenvalue weighted by Crippen LogP contribution is -2.27. The third-order valence-electron chi connectivity index (χ3n) is 3.49. The number of carbonyl (C=O) groups excluding carboxylic acids is 1. The van der Waals surface area contributed by atoms with Crippen molar-refractivity contribution >= 4 is 5.91 Å². The number of amides is 1. The summed E-state index contributed by atoms with van der Waals surface area (Å²) in [4.78, 5) is 14.0. The Balaban J connectivity index is 1.96. The second-order valence-electron chi connectivity index (χ2n) is 5.13. The van der Waals surface area contributed by atoms with Gasteiger partial charge in [0.1, 0.15) is 11.5 Å². The lowest BCUT2D eigenvalue weighted by molar-refractivity contribution is -0.129. The average Bonchev–Trinajstić information content (AvgIpc) is 2.55. The highest BCUT2D eigenvalue weighted by Gasteiger charge is 2.10. The maximum atomic E-state index is 12.3. The molecule has 0 aromatic heterocycles. The van der Waals surface area contributed by atoms with E-state index in [0.29, 0.717) is 13.0 Å². The maximum absolute atomic E-state index is 12.3. The van der Waals surface area contributed by atoms with E-state index in [9.17, 15) is 4.79 Å². The summed E-state index contributed by atoms with van der Waals surface area (Å²) >= 11 is 0. The van der Waals surface area contributed by atoms with E-state index in [-0.39, 0.29) is 5.91 Å². The van der Waals surface area contributed by atoms with Crippen LogP contribution in [0.25, 0.3) is 0 Å². The van der Waals surface area contributed by atoms with E-state index in [1.54, 1.807) is 19.1 Å². The highest BCUT2D eigenvalue weighted by Crippen LogP contribution is 2.15. The van der Waals surface area contributed by atoms with Gasteiger partial charge in [-0.3, -0.25) is 4.79 Å². The number of rotatable bonds is 6. The molecule has 2 aromatic carbocycles. The number of benzene rings is 2. The largest absolute Gasteiger partial charge is 0.497 e. The molecule has 1 amide bonds. The minimum absolute atomic E-state index is 0.0768. The Hall–Kier alpha value is -2.49. The van der Waals surface area contributed by atoms with Gasteiger partial charge in [0, 0.05) is 13.6 Å². The highest BCUT2D eigenvalue weighted by atomic mass is 16.5. The first-order valence-corrected chi connectivity index (χ1v) is 7.12. The van der Waals surface area contributed by atoms with Gasteiger partial charge in [-0.15, -0.1) is 0 Å². The van der Waals surface area contributed by atoms with Crippen molar-refractivity contribution < 1.29 is 14.3 Å². The standard InChI is InChI=1S/C18H21NO3/c1-19(13-15-5-4-6-17(11-15)22-3)18(20)12-14-7-9-16(21-2)10-8-14/h4-11H,12-13H2,1-3H3.